The average Bonchev–Trinajstić information content (AvgIpc) is 3.37. The molecule has 4 aromatic rings. The van der Waals surface area contributed by atoms with Gasteiger partial charge in [-0.3, -0.25) is 0 Å². The molecule has 0 bridgehead atoms. The number of hydrogen-bond acceptors (Lipinski definition) is 4. The molecule has 2 aromatic carbocycles. The molecule has 34 heavy (non-hydrogen) atoms. The van der Waals surface area contributed by atoms with Crippen molar-refractivity contribution in [1.82, 2.24) is 14.5 Å². The van der Waals surface area contributed by atoms with E-state index in [1.54, 1.807) is 6.07 Å². The number of aryl methyl sites for hydroxylation is 2. The first-order valence-electron chi connectivity index (χ1n) is 11.6. The Balaban J connectivity index is 1.69. The van der Waals surface area contributed by atoms with Crippen molar-refractivity contribution in [2.24, 2.45) is 0 Å². The zero-order valence-electron chi connectivity index (χ0n) is 20.4. The second-order valence-corrected chi connectivity index (χ2v) is 16.1. The molecule has 5 rings (SSSR count). The molecule has 0 saturated heterocycles. The van der Waals surface area contributed by atoms with Gasteiger partial charge in [0.15, 0.2) is 11.4 Å². The molecule has 174 valence electrons. The summed E-state index contributed by atoms with van der Waals surface area (Å²) >= 11 is 0. The molecule has 0 saturated carbocycles. The standard InChI is InChI=1S/C27H30N4O2Si/c1-17-12-18(2)25-23-20(15-29-25)8-9-27(32,24(17)23)26-30-21-7-6-19(14-28)13-22(21)31(26)16-33-10-11-34(3,4)5/h6-9,12-13,15,29,32H,10-11,16H2,1-5H3. The molecule has 2 N–H and O–H groups in total. The van der Waals surface area contributed by atoms with Crippen LogP contribution in [0, 0.1) is 25.2 Å². The maximum Gasteiger partial charge on any atom is 0.167 e. The van der Waals surface area contributed by atoms with Crippen LogP contribution < -0.4 is 0 Å². The zero-order chi connectivity index (χ0) is 24.3. The molecule has 1 atom stereocenters. The van der Waals surface area contributed by atoms with Gasteiger partial charge in [-0.1, -0.05) is 31.8 Å². The van der Waals surface area contributed by atoms with E-state index in [-0.39, 0.29) is 6.73 Å². The number of nitrogens with one attached hydrogen (secondary N) is 1. The number of H-pyrrole nitrogens is 1. The van der Waals surface area contributed by atoms with Crippen LogP contribution in [-0.2, 0) is 17.1 Å². The first kappa shape index (κ1) is 22.6. The van der Waals surface area contributed by atoms with Gasteiger partial charge in [0.1, 0.15) is 6.73 Å². The Morgan fingerprint density at radius 3 is 2.74 bits per heavy atom. The van der Waals surface area contributed by atoms with Crippen molar-refractivity contribution in [3.05, 3.63) is 70.2 Å². The Morgan fingerprint density at radius 2 is 2.00 bits per heavy atom. The Kier molecular flexibility index (Phi) is 5.28. The van der Waals surface area contributed by atoms with Crippen molar-refractivity contribution in [2.75, 3.05) is 6.61 Å². The lowest BCUT2D eigenvalue weighted by Gasteiger charge is -2.31. The third-order valence-electron chi connectivity index (χ3n) is 6.70. The summed E-state index contributed by atoms with van der Waals surface area (Å²) in [6.45, 7) is 12.0. The van der Waals surface area contributed by atoms with Gasteiger partial charge in [0, 0.05) is 37.3 Å². The number of fused-ring (bicyclic) bond motifs is 1. The van der Waals surface area contributed by atoms with Crippen LogP contribution in [0.25, 0.3) is 28.0 Å². The highest BCUT2D eigenvalue weighted by Crippen LogP contribution is 2.44. The first-order valence-corrected chi connectivity index (χ1v) is 15.3. The fourth-order valence-electron chi connectivity index (χ4n) is 4.94. The normalized spacial score (nSPS) is 17.6. The Morgan fingerprint density at radius 1 is 1.21 bits per heavy atom. The minimum absolute atomic E-state index is 0.259. The monoisotopic (exact) mass is 470 g/mol. The molecule has 0 spiro atoms. The van der Waals surface area contributed by atoms with E-state index in [4.69, 9.17) is 9.72 Å². The van der Waals surface area contributed by atoms with E-state index in [1.807, 2.05) is 42.0 Å². The highest BCUT2D eigenvalue weighted by atomic mass is 28.3. The number of hydrogen-bond donors (Lipinski definition) is 2. The molecule has 0 fully saturated rings. The third kappa shape index (κ3) is 3.59. The van der Waals surface area contributed by atoms with E-state index in [2.05, 4.69) is 43.7 Å². The Hall–Kier alpha value is -3.18. The minimum atomic E-state index is -1.43. The Labute approximate surface area is 200 Å². The highest BCUT2D eigenvalue weighted by molar-refractivity contribution is 6.76. The molecule has 2 heterocycles. The number of aromatic amines is 1. The number of aliphatic hydroxyl groups is 1. The Bertz CT molecular complexity index is 1500. The lowest BCUT2D eigenvalue weighted by atomic mass is 9.81. The minimum Gasteiger partial charge on any atom is -0.373 e. The van der Waals surface area contributed by atoms with Crippen LogP contribution in [-0.4, -0.2) is 34.3 Å². The molecule has 0 aliphatic heterocycles. The van der Waals surface area contributed by atoms with Crippen LogP contribution in [0.2, 0.25) is 25.7 Å². The largest absolute Gasteiger partial charge is 0.373 e. The number of nitrogens with zero attached hydrogens (tertiary/aromatic N) is 3. The van der Waals surface area contributed by atoms with Crippen LogP contribution in [0.1, 0.15) is 33.6 Å². The van der Waals surface area contributed by atoms with Gasteiger partial charge in [0.2, 0.25) is 0 Å². The van der Waals surface area contributed by atoms with Gasteiger partial charge in [-0.2, -0.15) is 5.26 Å². The molecular weight excluding hydrogens is 440 g/mol. The number of ether oxygens (including phenoxy) is 1. The van der Waals surface area contributed by atoms with Gasteiger partial charge in [0.25, 0.3) is 0 Å². The number of rotatable bonds is 6. The van der Waals surface area contributed by atoms with Gasteiger partial charge in [-0.05, 0) is 60.9 Å². The zero-order valence-corrected chi connectivity index (χ0v) is 21.4. The van der Waals surface area contributed by atoms with E-state index in [9.17, 15) is 10.4 Å². The second kappa shape index (κ2) is 7.95. The maximum absolute atomic E-state index is 12.3. The number of nitriles is 1. The topological polar surface area (TPSA) is 86.9 Å². The summed E-state index contributed by atoms with van der Waals surface area (Å²) in [5.41, 5.74) is 5.70. The molecule has 0 radical (unpaired) electrons. The third-order valence-corrected chi connectivity index (χ3v) is 8.41. The number of aromatic nitrogens is 3. The van der Waals surface area contributed by atoms with E-state index in [0.717, 1.165) is 50.2 Å². The van der Waals surface area contributed by atoms with Crippen LogP contribution >= 0.6 is 0 Å². The van der Waals surface area contributed by atoms with Crippen LogP contribution in [0.3, 0.4) is 0 Å². The lowest BCUT2D eigenvalue weighted by Crippen LogP contribution is -2.32. The van der Waals surface area contributed by atoms with Crippen molar-refractivity contribution >= 4 is 36.1 Å². The van der Waals surface area contributed by atoms with Crippen molar-refractivity contribution < 1.29 is 9.84 Å². The molecule has 6 nitrogen and oxygen atoms in total. The van der Waals surface area contributed by atoms with Crippen LogP contribution in [0.5, 0.6) is 0 Å². The summed E-state index contributed by atoms with van der Waals surface area (Å²) in [5.74, 6) is 0.502. The summed E-state index contributed by atoms with van der Waals surface area (Å²) in [6, 6.07) is 10.8. The molecule has 2 aromatic heterocycles. The average molecular weight is 471 g/mol. The summed E-state index contributed by atoms with van der Waals surface area (Å²) in [5, 5.41) is 22.8. The molecule has 0 amide bonds. The van der Waals surface area contributed by atoms with Crippen molar-refractivity contribution in [3.8, 4) is 6.07 Å². The number of benzene rings is 2. The van der Waals surface area contributed by atoms with E-state index < -0.39 is 13.7 Å². The van der Waals surface area contributed by atoms with E-state index >= 15 is 0 Å². The van der Waals surface area contributed by atoms with Gasteiger partial charge in [-0.15, -0.1) is 0 Å². The van der Waals surface area contributed by atoms with Crippen molar-refractivity contribution in [1.29, 1.82) is 5.26 Å². The molecule has 1 unspecified atom stereocenters. The van der Waals surface area contributed by atoms with Gasteiger partial charge >= 0.3 is 0 Å². The number of imidazole rings is 1. The smallest absolute Gasteiger partial charge is 0.167 e. The van der Waals surface area contributed by atoms with Gasteiger partial charge < -0.3 is 19.4 Å². The molecular formula is C27H30N4O2Si. The van der Waals surface area contributed by atoms with Crippen LogP contribution in [0.15, 0.2) is 36.5 Å². The summed E-state index contributed by atoms with van der Waals surface area (Å²) in [7, 11) is -1.24. The fourth-order valence-corrected chi connectivity index (χ4v) is 5.69. The molecule has 1 aliphatic rings. The quantitative estimate of drug-likeness (QED) is 0.284. The summed E-state index contributed by atoms with van der Waals surface area (Å²) in [4.78, 5) is 8.26. The van der Waals surface area contributed by atoms with Crippen molar-refractivity contribution in [3.63, 3.8) is 0 Å². The maximum atomic E-state index is 12.3. The van der Waals surface area contributed by atoms with E-state index in [0.29, 0.717) is 18.0 Å². The van der Waals surface area contributed by atoms with E-state index in [1.165, 1.54) is 0 Å². The summed E-state index contributed by atoms with van der Waals surface area (Å²) in [6.07, 6.45) is 5.77. The lowest BCUT2D eigenvalue weighted by molar-refractivity contribution is 0.0688. The van der Waals surface area contributed by atoms with Gasteiger partial charge in [-0.25, -0.2) is 4.98 Å². The van der Waals surface area contributed by atoms with Crippen LogP contribution in [0.4, 0.5) is 0 Å². The SMILES string of the molecule is Cc1cc(C)c2[nH]cc3c2c1C(O)(c1nc2ccc(C#N)cc2n1COCC[Si](C)(C)C)C=C3. The summed E-state index contributed by atoms with van der Waals surface area (Å²) < 4.78 is 8.05. The predicted octanol–water partition coefficient (Wildman–Crippen LogP) is 5.58. The predicted molar refractivity (Wildman–Crippen MR) is 138 cm³/mol. The van der Waals surface area contributed by atoms with Gasteiger partial charge in [0.05, 0.1) is 22.7 Å². The highest BCUT2D eigenvalue weighted by Gasteiger charge is 2.40. The first-order chi connectivity index (χ1) is 16.1. The fraction of sp³-hybridized carbons (Fsp3) is 0.333. The second-order valence-electron chi connectivity index (χ2n) is 10.5. The van der Waals surface area contributed by atoms with Crippen molar-refractivity contribution in [2.45, 2.75) is 51.9 Å². The molecule has 7 heteroatoms. The molecule has 1 aliphatic carbocycles.